The molecule has 2 aromatic heterocycles. The van der Waals surface area contributed by atoms with Gasteiger partial charge in [0, 0.05) is 19.6 Å². The molecule has 0 aliphatic heterocycles. The zero-order valence-electron chi connectivity index (χ0n) is 13.9. The Labute approximate surface area is 136 Å². The van der Waals surface area contributed by atoms with Crippen molar-refractivity contribution in [3.05, 3.63) is 37.3 Å². The van der Waals surface area contributed by atoms with E-state index >= 15 is 0 Å². The number of rotatable bonds is 6. The number of fused-ring (bicyclic) bond motifs is 1. The maximum Gasteiger partial charge on any atom is 0.410 e. The summed E-state index contributed by atoms with van der Waals surface area (Å²) in [5.41, 5.74) is 0.965. The van der Waals surface area contributed by atoms with E-state index in [2.05, 4.69) is 28.7 Å². The maximum absolute atomic E-state index is 12.2. The molecule has 0 radical (unpaired) electrons. The van der Waals surface area contributed by atoms with E-state index in [1.165, 1.54) is 0 Å². The first-order chi connectivity index (χ1) is 10.9. The fourth-order valence-electron chi connectivity index (χ4n) is 2.13. The van der Waals surface area contributed by atoms with Gasteiger partial charge in [0.15, 0.2) is 5.65 Å². The molecule has 2 heterocycles. The number of nitrogens with zero attached hydrogens (tertiary/aromatic N) is 4. The number of imidazole rings is 1. The molecule has 0 atom stereocenters. The van der Waals surface area contributed by atoms with Gasteiger partial charge in [0.1, 0.15) is 11.1 Å². The van der Waals surface area contributed by atoms with E-state index in [1.807, 2.05) is 25.3 Å². The molecule has 0 spiro atoms. The van der Waals surface area contributed by atoms with E-state index in [0.717, 1.165) is 11.9 Å². The predicted octanol–water partition coefficient (Wildman–Crippen LogP) is 2.84. The maximum atomic E-state index is 12.2. The second-order valence-corrected chi connectivity index (χ2v) is 6.21. The molecule has 0 unspecified atom stereocenters. The molecule has 2 aromatic rings. The number of aromatic nitrogens is 3. The number of ether oxygens (including phenoxy) is 1. The van der Waals surface area contributed by atoms with Crippen molar-refractivity contribution in [3.63, 3.8) is 0 Å². The Kier molecular flexibility index (Phi) is 5.22. The van der Waals surface area contributed by atoms with Gasteiger partial charge in [-0.05, 0) is 39.3 Å². The van der Waals surface area contributed by atoms with Crippen molar-refractivity contribution < 1.29 is 9.53 Å². The summed E-state index contributed by atoms with van der Waals surface area (Å²) in [7, 11) is 0. The molecule has 0 aromatic carbocycles. The Balaban J connectivity index is 1.94. The molecule has 0 bridgehead atoms. The predicted molar refractivity (Wildman–Crippen MR) is 87.8 cm³/mol. The highest BCUT2D eigenvalue weighted by Crippen LogP contribution is 2.11. The van der Waals surface area contributed by atoms with Crippen molar-refractivity contribution in [1.29, 1.82) is 0 Å². The third-order valence-corrected chi connectivity index (χ3v) is 3.09. The smallest absolute Gasteiger partial charge is 0.410 e. The minimum Gasteiger partial charge on any atom is -0.444 e. The van der Waals surface area contributed by atoms with Crippen LogP contribution in [0.3, 0.4) is 0 Å². The molecule has 0 aliphatic carbocycles. The van der Waals surface area contributed by atoms with E-state index in [1.54, 1.807) is 23.5 Å². The second kappa shape index (κ2) is 7.14. The van der Waals surface area contributed by atoms with Gasteiger partial charge in [-0.15, -0.1) is 6.58 Å². The molecule has 2 rings (SSSR count). The van der Waals surface area contributed by atoms with Crippen molar-refractivity contribution in [2.45, 2.75) is 39.3 Å². The SMILES string of the molecule is C=CCN(CCCn1cnc2ncc#cc21)C(=O)OC(C)(C)C. The van der Waals surface area contributed by atoms with Crippen molar-refractivity contribution in [1.82, 2.24) is 19.4 Å². The Morgan fingerprint density at radius 3 is 2.96 bits per heavy atom. The fourth-order valence-corrected chi connectivity index (χ4v) is 2.13. The first-order valence-corrected chi connectivity index (χ1v) is 7.59. The third-order valence-electron chi connectivity index (χ3n) is 3.09. The molecule has 0 saturated carbocycles. The topological polar surface area (TPSA) is 60.2 Å². The lowest BCUT2D eigenvalue weighted by atomic mass is 10.2. The van der Waals surface area contributed by atoms with Gasteiger partial charge in [-0.2, -0.15) is 0 Å². The zero-order chi connectivity index (χ0) is 16.9. The number of aryl methyl sites for hydroxylation is 1. The molecule has 122 valence electrons. The van der Waals surface area contributed by atoms with Crippen LogP contribution in [0, 0.1) is 12.1 Å². The molecule has 0 N–H and O–H groups in total. The van der Waals surface area contributed by atoms with Crippen LogP contribution in [0.5, 0.6) is 0 Å². The van der Waals surface area contributed by atoms with Crippen LogP contribution in [-0.2, 0) is 11.3 Å². The van der Waals surface area contributed by atoms with Crippen molar-refractivity contribution in [2.75, 3.05) is 13.1 Å². The van der Waals surface area contributed by atoms with Crippen molar-refractivity contribution in [3.8, 4) is 0 Å². The minimum absolute atomic E-state index is 0.325. The van der Waals surface area contributed by atoms with Crippen LogP contribution in [0.2, 0.25) is 0 Å². The van der Waals surface area contributed by atoms with E-state index in [-0.39, 0.29) is 6.09 Å². The summed E-state index contributed by atoms with van der Waals surface area (Å²) in [6.07, 6.45) is 5.42. The highest BCUT2D eigenvalue weighted by atomic mass is 16.6. The van der Waals surface area contributed by atoms with Crippen LogP contribution in [0.25, 0.3) is 11.2 Å². The third kappa shape index (κ3) is 4.71. The summed E-state index contributed by atoms with van der Waals surface area (Å²) in [6, 6.07) is 5.84. The quantitative estimate of drug-likeness (QED) is 0.769. The van der Waals surface area contributed by atoms with Gasteiger partial charge in [-0.25, -0.2) is 14.8 Å². The molecule has 23 heavy (non-hydrogen) atoms. The Morgan fingerprint density at radius 1 is 1.48 bits per heavy atom. The van der Waals surface area contributed by atoms with Gasteiger partial charge >= 0.3 is 6.09 Å². The van der Waals surface area contributed by atoms with Gasteiger partial charge in [0.2, 0.25) is 0 Å². The second-order valence-electron chi connectivity index (χ2n) is 6.21. The first-order valence-electron chi connectivity index (χ1n) is 7.59. The van der Waals surface area contributed by atoms with Crippen LogP contribution in [-0.4, -0.2) is 44.2 Å². The number of amides is 1. The minimum atomic E-state index is -0.506. The summed E-state index contributed by atoms with van der Waals surface area (Å²) in [4.78, 5) is 22.2. The molecule has 0 fully saturated rings. The Bertz CT molecular complexity index is 673. The molecule has 1 amide bonds. The molecule has 0 aliphatic rings. The van der Waals surface area contributed by atoms with E-state index in [4.69, 9.17) is 4.74 Å². The average Bonchev–Trinajstić information content (AvgIpc) is 2.88. The molecule has 0 saturated heterocycles. The van der Waals surface area contributed by atoms with Gasteiger partial charge < -0.3 is 14.2 Å². The van der Waals surface area contributed by atoms with E-state index in [0.29, 0.717) is 25.3 Å². The zero-order valence-corrected chi connectivity index (χ0v) is 13.9. The summed E-state index contributed by atoms with van der Waals surface area (Å²) >= 11 is 0. The Hall–Kier alpha value is -2.55. The number of hydrogen-bond donors (Lipinski definition) is 0. The highest BCUT2D eigenvalue weighted by molar-refractivity contribution is 5.68. The number of carbonyl (C=O) groups excluding carboxylic acids is 1. The monoisotopic (exact) mass is 314 g/mol. The molecular formula is C17H22N4O2. The van der Waals surface area contributed by atoms with Gasteiger partial charge in [-0.1, -0.05) is 6.08 Å². The fraction of sp³-hybridized carbons (Fsp3) is 0.471. The highest BCUT2D eigenvalue weighted by Gasteiger charge is 2.21. The van der Waals surface area contributed by atoms with Crippen LogP contribution < -0.4 is 0 Å². The van der Waals surface area contributed by atoms with Crippen LogP contribution >= 0.6 is 0 Å². The standard InChI is InChI=1S/C17H22N4O2/c1-5-10-20(16(22)23-17(2,3)4)11-7-12-21-13-19-15-14(21)8-6-9-18-15/h5,9,13H,1,7,10-12H2,2-4H3. The largest absolute Gasteiger partial charge is 0.444 e. The van der Waals surface area contributed by atoms with Crippen LogP contribution in [0.15, 0.2) is 25.2 Å². The van der Waals surface area contributed by atoms with Crippen LogP contribution in [0.1, 0.15) is 27.2 Å². The lowest BCUT2D eigenvalue weighted by molar-refractivity contribution is 0.0268. The Morgan fingerprint density at radius 2 is 2.26 bits per heavy atom. The summed E-state index contributed by atoms with van der Waals surface area (Å²) in [6.45, 7) is 11.0. The lowest BCUT2D eigenvalue weighted by Crippen LogP contribution is -2.37. The molecular weight excluding hydrogens is 292 g/mol. The molecule has 6 heteroatoms. The normalized spacial score (nSPS) is 11.1. The van der Waals surface area contributed by atoms with Gasteiger partial charge in [-0.3, -0.25) is 0 Å². The first kappa shape index (κ1) is 16.8. The van der Waals surface area contributed by atoms with Crippen molar-refractivity contribution >= 4 is 17.3 Å². The lowest BCUT2D eigenvalue weighted by Gasteiger charge is -2.26. The van der Waals surface area contributed by atoms with Crippen LogP contribution in [0.4, 0.5) is 4.79 Å². The molecule has 6 nitrogen and oxygen atoms in total. The number of carbonyl (C=O) groups is 1. The average molecular weight is 314 g/mol. The van der Waals surface area contributed by atoms with Gasteiger partial charge in [0.25, 0.3) is 0 Å². The summed E-state index contributed by atoms with van der Waals surface area (Å²) in [5, 5.41) is 0. The van der Waals surface area contributed by atoms with E-state index < -0.39 is 5.60 Å². The summed E-state index contributed by atoms with van der Waals surface area (Å²) < 4.78 is 7.37. The van der Waals surface area contributed by atoms with Crippen molar-refractivity contribution in [2.24, 2.45) is 0 Å². The van der Waals surface area contributed by atoms with E-state index in [9.17, 15) is 4.79 Å². The summed E-state index contributed by atoms with van der Waals surface area (Å²) in [5.74, 6) is 0. The van der Waals surface area contributed by atoms with Gasteiger partial charge in [0.05, 0.1) is 12.5 Å². The number of hydrogen-bond acceptors (Lipinski definition) is 4.